The lowest BCUT2D eigenvalue weighted by Crippen LogP contribution is -2.20. The van der Waals surface area contributed by atoms with Gasteiger partial charge in [-0.2, -0.15) is 0 Å². The second kappa shape index (κ2) is 5.08. The van der Waals surface area contributed by atoms with E-state index in [4.69, 9.17) is 0 Å². The van der Waals surface area contributed by atoms with Crippen molar-refractivity contribution in [1.82, 2.24) is 0 Å². The number of hydrogen-bond acceptors (Lipinski definition) is 0. The van der Waals surface area contributed by atoms with Crippen molar-refractivity contribution in [3.05, 3.63) is 83.4 Å². The number of fused-ring (bicyclic) bond motifs is 5. The fourth-order valence-electron chi connectivity index (χ4n) is 5.00. The van der Waals surface area contributed by atoms with Gasteiger partial charge in [0.05, 0.1) is 0 Å². The fraction of sp³-hybridized carbons (Fsp3) is 0.250. The van der Waals surface area contributed by atoms with E-state index in [1.807, 2.05) is 0 Å². The minimum absolute atomic E-state index is 0.270. The third-order valence-electron chi connectivity index (χ3n) is 6.11. The van der Waals surface area contributed by atoms with Gasteiger partial charge in [0.15, 0.2) is 0 Å². The Morgan fingerprint density at radius 2 is 1.33 bits per heavy atom. The molecular weight excluding hydrogens is 288 g/mol. The summed E-state index contributed by atoms with van der Waals surface area (Å²) in [7, 11) is 0. The zero-order valence-corrected chi connectivity index (χ0v) is 14.2. The quantitative estimate of drug-likeness (QED) is 0.481. The SMILES string of the molecule is Cc1ccc(-c2cccc3c2-c2ccccc2C32CCCC2)cc1. The van der Waals surface area contributed by atoms with Crippen LogP contribution in [0.25, 0.3) is 22.3 Å². The summed E-state index contributed by atoms with van der Waals surface area (Å²) in [4.78, 5) is 0. The van der Waals surface area contributed by atoms with Crippen LogP contribution < -0.4 is 0 Å². The summed E-state index contributed by atoms with van der Waals surface area (Å²) < 4.78 is 0. The predicted molar refractivity (Wildman–Crippen MR) is 101 cm³/mol. The molecule has 2 aliphatic carbocycles. The summed E-state index contributed by atoms with van der Waals surface area (Å²) in [5, 5.41) is 0. The van der Waals surface area contributed by atoms with E-state index in [0.717, 1.165) is 0 Å². The highest BCUT2D eigenvalue weighted by atomic mass is 14.5. The van der Waals surface area contributed by atoms with Crippen LogP contribution in [-0.4, -0.2) is 0 Å². The van der Waals surface area contributed by atoms with Crippen molar-refractivity contribution in [3.8, 4) is 22.3 Å². The van der Waals surface area contributed by atoms with Gasteiger partial charge in [0.1, 0.15) is 0 Å². The highest BCUT2D eigenvalue weighted by Gasteiger charge is 2.45. The molecular formula is C24H22. The first kappa shape index (κ1) is 14.0. The number of rotatable bonds is 1. The molecule has 1 spiro atoms. The Hall–Kier alpha value is -2.34. The van der Waals surface area contributed by atoms with E-state index >= 15 is 0 Å². The van der Waals surface area contributed by atoms with Gasteiger partial charge in [0, 0.05) is 5.41 Å². The minimum Gasteiger partial charge on any atom is -0.0619 e. The maximum absolute atomic E-state index is 2.39. The van der Waals surface area contributed by atoms with Gasteiger partial charge < -0.3 is 0 Å². The Balaban J connectivity index is 1.82. The summed E-state index contributed by atoms with van der Waals surface area (Å²) >= 11 is 0. The van der Waals surface area contributed by atoms with Gasteiger partial charge in [-0.1, -0.05) is 85.1 Å². The highest BCUT2D eigenvalue weighted by Crippen LogP contribution is 2.58. The van der Waals surface area contributed by atoms with E-state index in [-0.39, 0.29) is 5.41 Å². The Morgan fingerprint density at radius 3 is 2.12 bits per heavy atom. The summed E-state index contributed by atoms with van der Waals surface area (Å²) in [5.41, 5.74) is 10.4. The molecule has 0 bridgehead atoms. The van der Waals surface area contributed by atoms with Crippen molar-refractivity contribution in [2.24, 2.45) is 0 Å². The molecule has 0 radical (unpaired) electrons. The van der Waals surface area contributed by atoms with Crippen molar-refractivity contribution in [1.29, 1.82) is 0 Å². The number of benzene rings is 3. The molecule has 0 heteroatoms. The molecule has 0 aromatic heterocycles. The molecule has 0 nitrogen and oxygen atoms in total. The van der Waals surface area contributed by atoms with Gasteiger partial charge in [-0.25, -0.2) is 0 Å². The lowest BCUT2D eigenvalue weighted by molar-refractivity contribution is 0.550. The summed E-state index contributed by atoms with van der Waals surface area (Å²) in [6, 6.07) is 25.1. The highest BCUT2D eigenvalue weighted by molar-refractivity contribution is 5.92. The average molecular weight is 310 g/mol. The topological polar surface area (TPSA) is 0 Å². The van der Waals surface area contributed by atoms with Crippen molar-refractivity contribution < 1.29 is 0 Å². The van der Waals surface area contributed by atoms with Gasteiger partial charge in [0.25, 0.3) is 0 Å². The molecule has 3 aromatic carbocycles. The first-order chi connectivity index (χ1) is 11.8. The largest absolute Gasteiger partial charge is 0.0619 e. The van der Waals surface area contributed by atoms with Crippen LogP contribution in [0.3, 0.4) is 0 Å². The van der Waals surface area contributed by atoms with E-state index in [1.54, 1.807) is 11.1 Å². The standard InChI is InChI=1S/C24H22/c1-17-11-13-18(14-12-17)19-8-6-10-22-23(19)20-7-2-3-9-21(20)24(22)15-4-5-16-24/h2-3,6-14H,4-5,15-16H2,1H3. The molecule has 0 N–H and O–H groups in total. The zero-order valence-electron chi connectivity index (χ0n) is 14.2. The first-order valence-corrected chi connectivity index (χ1v) is 9.10. The van der Waals surface area contributed by atoms with E-state index in [2.05, 4.69) is 73.7 Å². The molecule has 1 fully saturated rings. The van der Waals surface area contributed by atoms with Gasteiger partial charge in [-0.15, -0.1) is 0 Å². The van der Waals surface area contributed by atoms with E-state index < -0.39 is 0 Å². The number of hydrogen-bond donors (Lipinski definition) is 0. The molecule has 0 saturated heterocycles. The van der Waals surface area contributed by atoms with E-state index in [1.165, 1.54) is 53.5 Å². The molecule has 0 aliphatic heterocycles. The third kappa shape index (κ3) is 1.80. The maximum atomic E-state index is 2.39. The van der Waals surface area contributed by atoms with Crippen molar-refractivity contribution in [2.75, 3.05) is 0 Å². The summed E-state index contributed by atoms with van der Waals surface area (Å²) in [6.07, 6.45) is 5.30. The monoisotopic (exact) mass is 310 g/mol. The van der Waals surface area contributed by atoms with Crippen LogP contribution in [0.5, 0.6) is 0 Å². The molecule has 0 heterocycles. The van der Waals surface area contributed by atoms with Gasteiger partial charge >= 0.3 is 0 Å². The summed E-state index contributed by atoms with van der Waals surface area (Å²) in [6.45, 7) is 2.15. The van der Waals surface area contributed by atoms with Gasteiger partial charge in [-0.3, -0.25) is 0 Å². The third-order valence-corrected chi connectivity index (χ3v) is 6.11. The lowest BCUT2D eigenvalue weighted by atomic mass is 9.76. The second-order valence-corrected chi connectivity index (χ2v) is 7.43. The average Bonchev–Trinajstić information content (AvgIpc) is 3.22. The van der Waals surface area contributed by atoms with Crippen molar-refractivity contribution >= 4 is 0 Å². The van der Waals surface area contributed by atoms with Gasteiger partial charge in [-0.05, 0) is 53.1 Å². The molecule has 0 unspecified atom stereocenters. The van der Waals surface area contributed by atoms with E-state index in [0.29, 0.717) is 0 Å². The molecule has 2 aliphatic rings. The second-order valence-electron chi connectivity index (χ2n) is 7.43. The van der Waals surface area contributed by atoms with Crippen LogP contribution >= 0.6 is 0 Å². The Bertz CT molecular complexity index is 909. The zero-order chi connectivity index (χ0) is 16.1. The van der Waals surface area contributed by atoms with Crippen LogP contribution in [0, 0.1) is 6.92 Å². The Kier molecular flexibility index (Phi) is 2.97. The molecule has 118 valence electrons. The Morgan fingerprint density at radius 1 is 0.667 bits per heavy atom. The molecule has 1 saturated carbocycles. The van der Waals surface area contributed by atoms with Crippen molar-refractivity contribution in [3.63, 3.8) is 0 Å². The van der Waals surface area contributed by atoms with Crippen molar-refractivity contribution in [2.45, 2.75) is 38.0 Å². The van der Waals surface area contributed by atoms with Gasteiger partial charge in [0.2, 0.25) is 0 Å². The van der Waals surface area contributed by atoms with Crippen LogP contribution in [0.1, 0.15) is 42.4 Å². The molecule has 0 atom stereocenters. The first-order valence-electron chi connectivity index (χ1n) is 9.10. The molecule has 0 amide bonds. The minimum atomic E-state index is 0.270. The maximum Gasteiger partial charge on any atom is 0.0215 e. The van der Waals surface area contributed by atoms with Crippen LogP contribution in [0.15, 0.2) is 66.7 Å². The molecule has 5 rings (SSSR count). The fourth-order valence-corrected chi connectivity index (χ4v) is 5.00. The van der Waals surface area contributed by atoms with Crippen LogP contribution in [-0.2, 0) is 5.41 Å². The number of aryl methyl sites for hydroxylation is 1. The molecule has 3 aromatic rings. The Labute approximate surface area is 144 Å². The molecule has 24 heavy (non-hydrogen) atoms. The normalized spacial score (nSPS) is 17.0. The predicted octanol–water partition coefficient (Wildman–Crippen LogP) is 6.50. The van der Waals surface area contributed by atoms with Crippen LogP contribution in [0.2, 0.25) is 0 Å². The van der Waals surface area contributed by atoms with E-state index in [9.17, 15) is 0 Å². The van der Waals surface area contributed by atoms with Crippen LogP contribution in [0.4, 0.5) is 0 Å². The summed E-state index contributed by atoms with van der Waals surface area (Å²) in [5.74, 6) is 0. The lowest BCUT2D eigenvalue weighted by Gasteiger charge is -2.26. The smallest absolute Gasteiger partial charge is 0.0215 e.